The number of halogens is 7. The highest BCUT2D eigenvalue weighted by atomic mass is 35.5. The maximum absolute atomic E-state index is 13.1. The number of hydrogen-bond donors (Lipinski definition) is 0. The lowest BCUT2D eigenvalue weighted by molar-refractivity contribution is -0.274. The summed E-state index contributed by atoms with van der Waals surface area (Å²) >= 11 is 5.41. The second-order valence-electron chi connectivity index (χ2n) is 4.83. The Hall–Kier alpha value is -2.10. The summed E-state index contributed by atoms with van der Waals surface area (Å²) in [4.78, 5) is 11.8. The molecule has 0 radical (unpaired) electrons. The molecule has 0 saturated heterocycles. The van der Waals surface area contributed by atoms with E-state index in [1.807, 2.05) is 0 Å². The molecule has 2 unspecified atom stereocenters. The molecule has 2 rings (SSSR count). The SMILES string of the molecule is CC(Cl)OC(=O)C1=Cc2cc(OC(F)(F)F)ccc2OC1C(F)(F)F. The Balaban J connectivity index is 2.44. The molecule has 1 aliphatic rings. The van der Waals surface area contributed by atoms with Gasteiger partial charge in [0.15, 0.2) is 5.56 Å². The van der Waals surface area contributed by atoms with Crippen LogP contribution < -0.4 is 9.47 Å². The molecule has 11 heteroatoms. The van der Waals surface area contributed by atoms with E-state index in [1.54, 1.807) is 0 Å². The van der Waals surface area contributed by atoms with Gasteiger partial charge in [0, 0.05) is 5.56 Å². The van der Waals surface area contributed by atoms with E-state index in [2.05, 4.69) is 9.47 Å². The van der Waals surface area contributed by atoms with Crippen LogP contribution in [0.1, 0.15) is 12.5 Å². The summed E-state index contributed by atoms with van der Waals surface area (Å²) in [6.07, 6.45) is -11.9. The van der Waals surface area contributed by atoms with Crippen molar-refractivity contribution in [2.45, 2.75) is 31.1 Å². The summed E-state index contributed by atoms with van der Waals surface area (Å²) in [5.41, 5.74) is -2.38. The summed E-state index contributed by atoms with van der Waals surface area (Å²) < 4.78 is 88.9. The van der Waals surface area contributed by atoms with Gasteiger partial charge in [-0.2, -0.15) is 13.2 Å². The minimum absolute atomic E-state index is 0.212. The van der Waals surface area contributed by atoms with E-state index in [0.717, 1.165) is 24.3 Å². The number of carbonyl (C=O) groups is 1. The zero-order chi connectivity index (χ0) is 19.0. The van der Waals surface area contributed by atoms with Crippen LogP contribution in [0.5, 0.6) is 11.5 Å². The van der Waals surface area contributed by atoms with Crippen molar-refractivity contribution in [1.29, 1.82) is 0 Å². The Labute approximate surface area is 141 Å². The highest BCUT2D eigenvalue weighted by Gasteiger charge is 2.49. The van der Waals surface area contributed by atoms with E-state index in [-0.39, 0.29) is 11.3 Å². The molecule has 0 amide bonds. The fraction of sp³-hybridized carbons (Fsp3) is 0.357. The standard InChI is InChI=1S/C14H9ClF6O4/c1-6(15)23-12(22)9-5-7-4-8(25-14(19,20)21)2-3-10(7)24-11(9)13(16,17)18/h2-6,11H,1H3. The molecule has 0 bridgehead atoms. The predicted octanol–water partition coefficient (Wildman–Crippen LogP) is 4.42. The minimum Gasteiger partial charge on any atom is -0.475 e. The molecule has 1 aromatic rings. The first kappa shape index (κ1) is 19.2. The molecule has 0 spiro atoms. The van der Waals surface area contributed by atoms with Gasteiger partial charge in [-0.25, -0.2) is 4.79 Å². The first-order valence-corrected chi connectivity index (χ1v) is 7.00. The second kappa shape index (κ2) is 6.66. The zero-order valence-corrected chi connectivity index (χ0v) is 13.0. The van der Waals surface area contributed by atoms with Crippen LogP contribution in [0.4, 0.5) is 26.3 Å². The van der Waals surface area contributed by atoms with Crippen molar-refractivity contribution in [1.82, 2.24) is 0 Å². The summed E-state index contributed by atoms with van der Waals surface area (Å²) in [6, 6.07) is 2.45. The van der Waals surface area contributed by atoms with Gasteiger partial charge in [-0.15, -0.1) is 13.2 Å². The van der Waals surface area contributed by atoms with Crippen LogP contribution in [-0.4, -0.2) is 30.2 Å². The van der Waals surface area contributed by atoms with Crippen LogP contribution in [0.25, 0.3) is 6.08 Å². The molecular formula is C14H9ClF6O4. The van der Waals surface area contributed by atoms with E-state index in [1.165, 1.54) is 6.92 Å². The third-order valence-electron chi connectivity index (χ3n) is 2.86. The second-order valence-corrected chi connectivity index (χ2v) is 5.45. The lowest BCUT2D eigenvalue weighted by Gasteiger charge is -2.28. The van der Waals surface area contributed by atoms with Crippen molar-refractivity contribution in [2.24, 2.45) is 0 Å². The molecule has 0 saturated carbocycles. The van der Waals surface area contributed by atoms with Crippen molar-refractivity contribution < 1.29 is 45.3 Å². The van der Waals surface area contributed by atoms with Crippen LogP contribution in [0.15, 0.2) is 23.8 Å². The molecule has 0 N–H and O–H groups in total. The topological polar surface area (TPSA) is 44.8 Å². The average Bonchev–Trinajstić information content (AvgIpc) is 2.42. The summed E-state index contributed by atoms with van der Waals surface area (Å²) in [7, 11) is 0. The van der Waals surface area contributed by atoms with Gasteiger partial charge in [0.2, 0.25) is 6.10 Å². The number of alkyl halides is 7. The smallest absolute Gasteiger partial charge is 0.475 e. The number of esters is 1. The normalized spacial score (nSPS) is 18.6. The van der Waals surface area contributed by atoms with Gasteiger partial charge in [-0.1, -0.05) is 11.6 Å². The molecule has 4 nitrogen and oxygen atoms in total. The van der Waals surface area contributed by atoms with Crippen molar-refractivity contribution in [3.8, 4) is 11.5 Å². The number of carbonyl (C=O) groups excluding carboxylic acids is 1. The average molecular weight is 391 g/mol. The molecule has 25 heavy (non-hydrogen) atoms. The van der Waals surface area contributed by atoms with Gasteiger partial charge in [0.25, 0.3) is 0 Å². The molecular weight excluding hydrogens is 382 g/mol. The number of fused-ring (bicyclic) bond motifs is 1. The Bertz CT molecular complexity index is 696. The Morgan fingerprint density at radius 1 is 1.24 bits per heavy atom. The lowest BCUT2D eigenvalue weighted by Crippen LogP contribution is -2.41. The summed E-state index contributed by atoms with van der Waals surface area (Å²) in [6.45, 7) is 1.20. The fourth-order valence-electron chi connectivity index (χ4n) is 2.00. The highest BCUT2D eigenvalue weighted by molar-refractivity contribution is 6.20. The molecule has 1 heterocycles. The van der Waals surface area contributed by atoms with Gasteiger partial charge >= 0.3 is 18.5 Å². The van der Waals surface area contributed by atoms with Crippen molar-refractivity contribution >= 4 is 23.6 Å². The zero-order valence-electron chi connectivity index (χ0n) is 12.2. The minimum atomic E-state index is -4.99. The van der Waals surface area contributed by atoms with Crippen molar-refractivity contribution in [3.63, 3.8) is 0 Å². The van der Waals surface area contributed by atoms with Crippen LogP contribution in [0.2, 0.25) is 0 Å². The Morgan fingerprint density at radius 3 is 2.40 bits per heavy atom. The number of hydrogen-bond acceptors (Lipinski definition) is 4. The van der Waals surface area contributed by atoms with Gasteiger partial charge in [-0.05, 0) is 31.2 Å². The van der Waals surface area contributed by atoms with Crippen molar-refractivity contribution in [2.75, 3.05) is 0 Å². The van der Waals surface area contributed by atoms with Gasteiger partial charge < -0.3 is 14.2 Å². The van der Waals surface area contributed by atoms with Crippen LogP contribution in [0.3, 0.4) is 0 Å². The summed E-state index contributed by atoms with van der Waals surface area (Å²) in [5.74, 6) is -2.46. The first-order valence-electron chi connectivity index (χ1n) is 6.56. The molecule has 1 aliphatic heterocycles. The van der Waals surface area contributed by atoms with Gasteiger partial charge in [0.05, 0.1) is 5.57 Å². The van der Waals surface area contributed by atoms with Crippen LogP contribution >= 0.6 is 11.6 Å². The molecule has 138 valence electrons. The Kier molecular flexibility index (Phi) is 5.12. The van der Waals surface area contributed by atoms with Gasteiger partial charge in [0.1, 0.15) is 11.5 Å². The van der Waals surface area contributed by atoms with Gasteiger partial charge in [-0.3, -0.25) is 0 Å². The fourth-order valence-corrected chi connectivity index (χ4v) is 2.08. The van der Waals surface area contributed by atoms with Crippen molar-refractivity contribution in [3.05, 3.63) is 29.3 Å². The van der Waals surface area contributed by atoms with E-state index in [9.17, 15) is 31.1 Å². The predicted molar refractivity (Wildman–Crippen MR) is 73.0 cm³/mol. The molecule has 2 atom stereocenters. The third kappa shape index (κ3) is 4.94. The maximum atomic E-state index is 13.1. The molecule has 0 fully saturated rings. The third-order valence-corrected chi connectivity index (χ3v) is 2.94. The van der Waals surface area contributed by atoms with E-state index >= 15 is 0 Å². The van der Waals surface area contributed by atoms with E-state index < -0.39 is 41.5 Å². The van der Waals surface area contributed by atoms with Crippen LogP contribution in [0, 0.1) is 0 Å². The maximum Gasteiger partial charge on any atom is 0.573 e. The molecule has 1 aromatic carbocycles. The first-order chi connectivity index (χ1) is 11.4. The van der Waals surface area contributed by atoms with E-state index in [0.29, 0.717) is 0 Å². The number of benzene rings is 1. The highest BCUT2D eigenvalue weighted by Crippen LogP contribution is 2.39. The van der Waals surface area contributed by atoms with E-state index in [4.69, 9.17) is 16.3 Å². The lowest BCUT2D eigenvalue weighted by atomic mass is 10.0. The monoisotopic (exact) mass is 390 g/mol. The Morgan fingerprint density at radius 2 is 1.88 bits per heavy atom. The number of ether oxygens (including phenoxy) is 3. The molecule has 0 aliphatic carbocycles. The largest absolute Gasteiger partial charge is 0.573 e. The number of rotatable bonds is 3. The molecule has 0 aromatic heterocycles. The van der Waals surface area contributed by atoms with Crippen LogP contribution in [-0.2, 0) is 9.53 Å². The quantitative estimate of drug-likeness (QED) is 0.435. The summed E-state index contributed by atoms with van der Waals surface area (Å²) in [5, 5.41) is 0.